The highest BCUT2D eigenvalue weighted by atomic mass is 16.5. The van der Waals surface area contributed by atoms with E-state index in [0.717, 1.165) is 22.0 Å². The summed E-state index contributed by atoms with van der Waals surface area (Å²) < 4.78 is 5.31. The number of aromatic nitrogens is 1. The Hall–Kier alpha value is -4.59. The van der Waals surface area contributed by atoms with Crippen LogP contribution < -0.4 is 15.7 Å². The fourth-order valence-electron chi connectivity index (χ4n) is 3.71. The number of H-pyrrole nitrogens is 1. The average Bonchev–Trinajstić information content (AvgIpc) is 3.29. The number of para-hydroxylation sites is 1. The molecule has 3 aromatic carbocycles. The second-order valence-corrected chi connectivity index (χ2v) is 8.02. The van der Waals surface area contributed by atoms with Crippen molar-refractivity contribution in [2.45, 2.75) is 25.6 Å². The van der Waals surface area contributed by atoms with E-state index in [4.69, 9.17) is 4.74 Å². The van der Waals surface area contributed by atoms with E-state index in [-0.39, 0.29) is 25.1 Å². The number of amides is 2. The Morgan fingerprint density at radius 1 is 0.886 bits per heavy atom. The van der Waals surface area contributed by atoms with E-state index in [0.29, 0.717) is 5.56 Å². The van der Waals surface area contributed by atoms with Gasteiger partial charge in [0.2, 0.25) is 5.91 Å². The molecule has 35 heavy (non-hydrogen) atoms. The van der Waals surface area contributed by atoms with Crippen LogP contribution in [0.15, 0.2) is 85.1 Å². The lowest BCUT2D eigenvalue weighted by molar-refractivity contribution is -0.255. The summed E-state index contributed by atoms with van der Waals surface area (Å²) >= 11 is 0. The average molecular weight is 471 g/mol. The minimum atomic E-state index is -1.27. The minimum absolute atomic E-state index is 0.0557. The van der Waals surface area contributed by atoms with E-state index in [9.17, 15) is 19.5 Å². The fraction of sp³-hybridized carbons (Fsp3) is 0.148. The number of hydrogen-bond acceptors (Lipinski definition) is 5. The van der Waals surface area contributed by atoms with Crippen molar-refractivity contribution < 1.29 is 24.2 Å². The van der Waals surface area contributed by atoms with Gasteiger partial charge in [0.05, 0.1) is 5.97 Å². The number of carboxylic acid groups (broad SMARTS) is 1. The monoisotopic (exact) mass is 470 g/mol. The molecule has 8 nitrogen and oxygen atoms in total. The van der Waals surface area contributed by atoms with Crippen molar-refractivity contribution in [3.63, 3.8) is 0 Å². The lowest BCUT2D eigenvalue weighted by Crippen LogP contribution is -2.48. The Balaban J connectivity index is 1.44. The maximum atomic E-state index is 13.1. The first-order chi connectivity index (χ1) is 17.0. The lowest BCUT2D eigenvalue weighted by Gasteiger charge is -2.18. The summed E-state index contributed by atoms with van der Waals surface area (Å²) in [4.78, 5) is 39.7. The molecule has 0 radical (unpaired) electrons. The molecular formula is C27H24N3O5-. The van der Waals surface area contributed by atoms with E-state index in [1.807, 2.05) is 60.8 Å². The standard InChI is InChI=1S/C27H25N3O5/c31-25(29-15-18-10-12-20(13-11-18)26(32)33)24(14-21-16-28-23-9-5-4-8-22(21)23)30-27(34)35-17-19-6-2-1-3-7-19/h1-13,16,24,28H,14-15,17H2,(H,29,31)(H,30,34)(H,32,33)/p-1/t24-/m0/s1. The predicted octanol–water partition coefficient (Wildman–Crippen LogP) is 2.69. The van der Waals surface area contributed by atoms with Gasteiger partial charge in [-0.25, -0.2) is 4.79 Å². The summed E-state index contributed by atoms with van der Waals surface area (Å²) in [5.74, 6) is -1.66. The smallest absolute Gasteiger partial charge is 0.408 e. The molecule has 0 saturated carbocycles. The Labute approximate surface area is 201 Å². The van der Waals surface area contributed by atoms with E-state index in [2.05, 4.69) is 15.6 Å². The number of benzene rings is 3. The number of carboxylic acids is 1. The van der Waals surface area contributed by atoms with Gasteiger partial charge in [0, 0.05) is 30.1 Å². The molecule has 0 aliphatic rings. The predicted molar refractivity (Wildman–Crippen MR) is 128 cm³/mol. The van der Waals surface area contributed by atoms with Gasteiger partial charge in [0.15, 0.2) is 0 Å². The van der Waals surface area contributed by atoms with Crippen molar-refractivity contribution in [2.24, 2.45) is 0 Å². The molecule has 0 fully saturated rings. The van der Waals surface area contributed by atoms with Gasteiger partial charge in [-0.2, -0.15) is 0 Å². The van der Waals surface area contributed by atoms with Crippen LogP contribution in [-0.4, -0.2) is 29.0 Å². The van der Waals surface area contributed by atoms with Crippen LogP contribution >= 0.6 is 0 Å². The third-order valence-corrected chi connectivity index (χ3v) is 5.58. The molecule has 2 amide bonds. The highest BCUT2D eigenvalue weighted by molar-refractivity contribution is 5.88. The first-order valence-electron chi connectivity index (χ1n) is 11.1. The minimum Gasteiger partial charge on any atom is -0.545 e. The zero-order chi connectivity index (χ0) is 24.6. The number of aromatic amines is 1. The van der Waals surface area contributed by atoms with E-state index < -0.39 is 24.0 Å². The van der Waals surface area contributed by atoms with Gasteiger partial charge in [-0.3, -0.25) is 4.79 Å². The highest BCUT2D eigenvalue weighted by Crippen LogP contribution is 2.19. The number of rotatable bonds is 9. The molecule has 1 atom stereocenters. The van der Waals surface area contributed by atoms with Crippen LogP contribution in [0.1, 0.15) is 27.0 Å². The first-order valence-corrected chi connectivity index (χ1v) is 11.1. The zero-order valence-electron chi connectivity index (χ0n) is 18.8. The van der Waals surface area contributed by atoms with E-state index in [1.165, 1.54) is 12.1 Å². The van der Waals surface area contributed by atoms with Gasteiger partial charge in [-0.15, -0.1) is 0 Å². The number of nitrogens with one attached hydrogen (secondary N) is 3. The molecule has 0 unspecified atom stereocenters. The normalized spacial score (nSPS) is 11.5. The third kappa shape index (κ3) is 6.26. The molecule has 178 valence electrons. The number of hydrogen-bond donors (Lipinski definition) is 3. The van der Waals surface area contributed by atoms with Crippen LogP contribution in [0.25, 0.3) is 10.9 Å². The number of carbonyl (C=O) groups is 3. The van der Waals surface area contributed by atoms with E-state index in [1.54, 1.807) is 12.1 Å². The molecule has 0 saturated heterocycles. The molecule has 0 spiro atoms. The number of carbonyl (C=O) groups excluding carboxylic acids is 3. The maximum absolute atomic E-state index is 13.1. The van der Waals surface area contributed by atoms with Crippen LogP contribution in [0.5, 0.6) is 0 Å². The van der Waals surface area contributed by atoms with Crippen LogP contribution in [0.2, 0.25) is 0 Å². The van der Waals surface area contributed by atoms with Crippen molar-refractivity contribution >= 4 is 28.9 Å². The molecule has 8 heteroatoms. The molecule has 1 aromatic heterocycles. The third-order valence-electron chi connectivity index (χ3n) is 5.58. The van der Waals surface area contributed by atoms with Crippen molar-refractivity contribution in [2.75, 3.05) is 0 Å². The number of alkyl carbamates (subject to hydrolysis) is 1. The van der Waals surface area contributed by atoms with Gasteiger partial charge in [-0.1, -0.05) is 72.8 Å². The van der Waals surface area contributed by atoms with Crippen LogP contribution in [-0.2, 0) is 29.1 Å². The highest BCUT2D eigenvalue weighted by Gasteiger charge is 2.23. The van der Waals surface area contributed by atoms with Gasteiger partial charge >= 0.3 is 6.09 Å². The zero-order valence-corrected chi connectivity index (χ0v) is 18.8. The summed E-state index contributed by atoms with van der Waals surface area (Å²) in [5, 5.41) is 17.4. The molecule has 3 N–H and O–H groups in total. The summed E-state index contributed by atoms with van der Waals surface area (Å²) in [6, 6.07) is 22.1. The quantitative estimate of drug-likeness (QED) is 0.347. The summed E-state index contributed by atoms with van der Waals surface area (Å²) in [7, 11) is 0. The molecule has 1 heterocycles. The number of ether oxygens (including phenoxy) is 1. The second kappa shape index (κ2) is 11.0. The molecule has 0 aliphatic carbocycles. The van der Waals surface area contributed by atoms with Crippen molar-refractivity contribution in [3.8, 4) is 0 Å². The Bertz CT molecular complexity index is 1320. The lowest BCUT2D eigenvalue weighted by atomic mass is 10.0. The molecule has 0 bridgehead atoms. The van der Waals surface area contributed by atoms with Gasteiger partial charge in [0.25, 0.3) is 0 Å². The van der Waals surface area contributed by atoms with Crippen LogP contribution in [0.4, 0.5) is 4.79 Å². The largest absolute Gasteiger partial charge is 0.545 e. The SMILES string of the molecule is O=C(N[C@@H](Cc1c[nH]c2ccccc12)C(=O)NCc1ccc(C(=O)[O-])cc1)OCc1ccccc1. The van der Waals surface area contributed by atoms with E-state index >= 15 is 0 Å². The van der Waals surface area contributed by atoms with Gasteiger partial charge < -0.3 is 30.3 Å². The van der Waals surface area contributed by atoms with Crippen molar-refractivity contribution in [1.82, 2.24) is 15.6 Å². The summed E-state index contributed by atoms with van der Waals surface area (Å²) in [6.07, 6.45) is 1.37. The number of fused-ring (bicyclic) bond motifs is 1. The second-order valence-electron chi connectivity index (χ2n) is 8.02. The Morgan fingerprint density at radius 3 is 2.34 bits per heavy atom. The summed E-state index contributed by atoms with van der Waals surface area (Å²) in [5.41, 5.74) is 3.41. The molecule has 4 rings (SSSR count). The first kappa shape index (κ1) is 23.6. The van der Waals surface area contributed by atoms with Gasteiger partial charge in [0.1, 0.15) is 12.6 Å². The van der Waals surface area contributed by atoms with Gasteiger partial charge in [-0.05, 0) is 28.3 Å². The van der Waals surface area contributed by atoms with Crippen LogP contribution in [0, 0.1) is 0 Å². The molecule has 4 aromatic rings. The fourth-order valence-corrected chi connectivity index (χ4v) is 3.71. The topological polar surface area (TPSA) is 123 Å². The van der Waals surface area contributed by atoms with Crippen molar-refractivity contribution in [1.29, 1.82) is 0 Å². The molecule has 0 aliphatic heterocycles. The maximum Gasteiger partial charge on any atom is 0.408 e. The van der Waals surface area contributed by atoms with Crippen LogP contribution in [0.3, 0.4) is 0 Å². The Morgan fingerprint density at radius 2 is 1.60 bits per heavy atom. The van der Waals surface area contributed by atoms with Crippen molar-refractivity contribution in [3.05, 3.63) is 107 Å². The molecular weight excluding hydrogens is 446 g/mol. The number of aromatic carboxylic acids is 1. The summed E-state index contributed by atoms with van der Waals surface area (Å²) in [6.45, 7) is 0.246. The Kier molecular flexibility index (Phi) is 7.42.